The lowest BCUT2D eigenvalue weighted by Gasteiger charge is -2.13. The van der Waals surface area contributed by atoms with Gasteiger partial charge in [0.05, 0.1) is 11.0 Å². The van der Waals surface area contributed by atoms with Crippen LogP contribution in [0.1, 0.15) is 11.1 Å². The van der Waals surface area contributed by atoms with E-state index in [1.165, 1.54) is 60.9 Å². The lowest BCUT2D eigenvalue weighted by atomic mass is 9.91. The molecule has 0 aliphatic carbocycles. The van der Waals surface area contributed by atoms with Crippen LogP contribution in [-0.4, -0.2) is 4.57 Å². The fourth-order valence-corrected chi connectivity index (χ4v) is 6.30. The molecule has 8 rings (SSSR count). The van der Waals surface area contributed by atoms with Gasteiger partial charge in [0.25, 0.3) is 0 Å². The highest BCUT2D eigenvalue weighted by molar-refractivity contribution is 6.12. The van der Waals surface area contributed by atoms with Gasteiger partial charge < -0.3 is 8.98 Å². The Balaban J connectivity index is 1.34. The predicted molar refractivity (Wildman–Crippen MR) is 168 cm³/mol. The van der Waals surface area contributed by atoms with Gasteiger partial charge in [-0.05, 0) is 84.1 Å². The van der Waals surface area contributed by atoms with Crippen LogP contribution in [0.4, 0.5) is 0 Å². The number of nitrogens with zero attached hydrogens (tertiary/aromatic N) is 1. The zero-order chi connectivity index (χ0) is 26.8. The van der Waals surface area contributed by atoms with E-state index in [1.54, 1.807) is 0 Å². The summed E-state index contributed by atoms with van der Waals surface area (Å²) in [4.78, 5) is 0. The lowest BCUT2D eigenvalue weighted by molar-refractivity contribution is 0.669. The van der Waals surface area contributed by atoms with Crippen molar-refractivity contribution in [3.05, 3.63) is 139 Å². The van der Waals surface area contributed by atoms with Crippen LogP contribution in [0.2, 0.25) is 0 Å². The molecular formula is C38H27NO. The van der Waals surface area contributed by atoms with Gasteiger partial charge in [0.15, 0.2) is 0 Å². The number of furan rings is 1. The molecule has 0 fully saturated rings. The van der Waals surface area contributed by atoms with E-state index in [1.807, 2.05) is 6.07 Å². The summed E-state index contributed by atoms with van der Waals surface area (Å²) in [6.45, 7) is 4.37. The Morgan fingerprint density at radius 2 is 1.18 bits per heavy atom. The maximum Gasteiger partial charge on any atom is 0.143 e. The molecule has 0 unspecified atom stereocenters. The predicted octanol–water partition coefficient (Wildman–Crippen LogP) is 10.6. The Kier molecular flexibility index (Phi) is 4.99. The van der Waals surface area contributed by atoms with E-state index in [4.69, 9.17) is 4.42 Å². The average molecular weight is 514 g/mol. The summed E-state index contributed by atoms with van der Waals surface area (Å²) in [6.07, 6.45) is 0. The molecule has 0 saturated carbocycles. The molecule has 2 heterocycles. The molecule has 8 aromatic rings. The van der Waals surface area contributed by atoms with Crippen molar-refractivity contribution in [1.29, 1.82) is 0 Å². The molecule has 2 aromatic heterocycles. The number of aryl methyl sites for hydroxylation is 2. The maximum absolute atomic E-state index is 6.47. The fourth-order valence-electron chi connectivity index (χ4n) is 6.30. The largest absolute Gasteiger partial charge is 0.455 e. The summed E-state index contributed by atoms with van der Waals surface area (Å²) in [7, 11) is 0. The first-order valence-corrected chi connectivity index (χ1v) is 13.8. The van der Waals surface area contributed by atoms with Crippen LogP contribution >= 0.6 is 0 Å². The van der Waals surface area contributed by atoms with Crippen LogP contribution in [0.5, 0.6) is 0 Å². The van der Waals surface area contributed by atoms with Gasteiger partial charge in [-0.1, -0.05) is 84.9 Å². The summed E-state index contributed by atoms with van der Waals surface area (Å²) in [6, 6.07) is 45.7. The van der Waals surface area contributed by atoms with Gasteiger partial charge in [0.1, 0.15) is 11.2 Å². The van der Waals surface area contributed by atoms with Crippen molar-refractivity contribution in [2.24, 2.45) is 0 Å². The molecule has 0 spiro atoms. The Morgan fingerprint density at radius 1 is 0.500 bits per heavy atom. The Hall–Kier alpha value is -5.08. The highest BCUT2D eigenvalue weighted by Gasteiger charge is 2.18. The Labute approximate surface area is 232 Å². The molecule has 0 saturated heterocycles. The minimum Gasteiger partial charge on any atom is -0.455 e. The zero-order valence-electron chi connectivity index (χ0n) is 22.5. The van der Waals surface area contributed by atoms with Gasteiger partial charge in [-0.3, -0.25) is 0 Å². The first kappa shape index (κ1) is 22.9. The third kappa shape index (κ3) is 3.36. The minimum atomic E-state index is 0.929. The molecule has 0 radical (unpaired) electrons. The van der Waals surface area contributed by atoms with Crippen molar-refractivity contribution in [3.63, 3.8) is 0 Å². The standard InChI is InChI=1S/C38H27NO/c1-24-16-18-26(22-32(24)37-25(2)17-20-31-30-13-7-9-15-36(30)40-38(31)37)27-19-21-35-33(23-27)29-12-6-8-14-34(29)39(35)28-10-4-3-5-11-28/h3-23H,1-2H3. The van der Waals surface area contributed by atoms with E-state index in [2.05, 4.69) is 140 Å². The topological polar surface area (TPSA) is 18.1 Å². The summed E-state index contributed by atoms with van der Waals surface area (Å²) in [5, 5.41) is 4.84. The zero-order valence-corrected chi connectivity index (χ0v) is 22.5. The van der Waals surface area contributed by atoms with Crippen LogP contribution < -0.4 is 0 Å². The van der Waals surface area contributed by atoms with E-state index < -0.39 is 0 Å². The van der Waals surface area contributed by atoms with Crippen LogP contribution in [0.15, 0.2) is 132 Å². The summed E-state index contributed by atoms with van der Waals surface area (Å²) >= 11 is 0. The molecule has 0 N–H and O–H groups in total. The van der Waals surface area contributed by atoms with Crippen molar-refractivity contribution in [2.75, 3.05) is 0 Å². The summed E-state index contributed by atoms with van der Waals surface area (Å²) < 4.78 is 8.83. The van der Waals surface area contributed by atoms with E-state index >= 15 is 0 Å². The van der Waals surface area contributed by atoms with Gasteiger partial charge in [0, 0.05) is 32.8 Å². The molecule has 6 aromatic carbocycles. The summed E-state index contributed by atoms with van der Waals surface area (Å²) in [5.41, 5.74) is 12.8. The van der Waals surface area contributed by atoms with Crippen molar-refractivity contribution in [2.45, 2.75) is 13.8 Å². The first-order valence-electron chi connectivity index (χ1n) is 13.8. The van der Waals surface area contributed by atoms with Crippen LogP contribution in [0.3, 0.4) is 0 Å². The highest BCUT2D eigenvalue weighted by Crippen LogP contribution is 2.41. The second-order valence-corrected chi connectivity index (χ2v) is 10.7. The van der Waals surface area contributed by atoms with Crippen LogP contribution in [0.25, 0.3) is 71.7 Å². The lowest BCUT2D eigenvalue weighted by Crippen LogP contribution is -1.93. The van der Waals surface area contributed by atoms with Gasteiger partial charge in [-0.15, -0.1) is 0 Å². The van der Waals surface area contributed by atoms with E-state index in [-0.39, 0.29) is 0 Å². The molecule has 0 aliphatic heterocycles. The number of rotatable bonds is 3. The third-order valence-electron chi connectivity index (χ3n) is 8.28. The van der Waals surface area contributed by atoms with E-state index in [0.717, 1.165) is 21.9 Å². The normalized spacial score (nSPS) is 11.8. The first-order chi connectivity index (χ1) is 19.7. The molecule has 0 atom stereocenters. The third-order valence-corrected chi connectivity index (χ3v) is 8.28. The molecule has 0 bridgehead atoms. The van der Waals surface area contributed by atoms with E-state index in [0.29, 0.717) is 0 Å². The van der Waals surface area contributed by atoms with E-state index in [9.17, 15) is 0 Å². The number of hydrogen-bond acceptors (Lipinski definition) is 1. The Bertz CT molecular complexity index is 2230. The van der Waals surface area contributed by atoms with Gasteiger partial charge >= 0.3 is 0 Å². The molecule has 0 amide bonds. The van der Waals surface area contributed by atoms with Crippen molar-refractivity contribution < 1.29 is 4.42 Å². The average Bonchev–Trinajstić information content (AvgIpc) is 3.53. The van der Waals surface area contributed by atoms with Crippen molar-refractivity contribution in [3.8, 4) is 27.9 Å². The van der Waals surface area contributed by atoms with Gasteiger partial charge in [-0.2, -0.15) is 0 Å². The number of para-hydroxylation sites is 3. The molecule has 190 valence electrons. The molecule has 0 aliphatic rings. The van der Waals surface area contributed by atoms with Crippen LogP contribution in [-0.2, 0) is 0 Å². The second kappa shape index (κ2) is 8.72. The SMILES string of the molecule is Cc1ccc(-c2ccc3c(c2)c2ccccc2n3-c2ccccc2)cc1-c1c(C)ccc2c1oc1ccccc12. The van der Waals surface area contributed by atoms with Gasteiger partial charge in [-0.25, -0.2) is 0 Å². The molecular weight excluding hydrogens is 486 g/mol. The highest BCUT2D eigenvalue weighted by atomic mass is 16.3. The van der Waals surface area contributed by atoms with Crippen LogP contribution in [0, 0.1) is 13.8 Å². The fraction of sp³-hybridized carbons (Fsp3) is 0.0526. The molecule has 2 nitrogen and oxygen atoms in total. The second-order valence-electron chi connectivity index (χ2n) is 10.7. The monoisotopic (exact) mass is 513 g/mol. The summed E-state index contributed by atoms with van der Waals surface area (Å²) in [5.74, 6) is 0. The van der Waals surface area contributed by atoms with Crippen molar-refractivity contribution >= 4 is 43.7 Å². The number of fused-ring (bicyclic) bond motifs is 6. The Morgan fingerprint density at radius 3 is 2.05 bits per heavy atom. The molecule has 40 heavy (non-hydrogen) atoms. The minimum absolute atomic E-state index is 0.929. The smallest absolute Gasteiger partial charge is 0.143 e. The quantitative estimate of drug-likeness (QED) is 0.230. The number of aromatic nitrogens is 1. The number of hydrogen-bond donors (Lipinski definition) is 0. The maximum atomic E-state index is 6.47. The number of benzene rings is 6. The van der Waals surface area contributed by atoms with Gasteiger partial charge in [0.2, 0.25) is 0 Å². The molecule has 2 heteroatoms. The van der Waals surface area contributed by atoms with Crippen molar-refractivity contribution in [1.82, 2.24) is 4.57 Å².